The summed E-state index contributed by atoms with van der Waals surface area (Å²) in [5.41, 5.74) is 4.72. The number of ketones is 1. The van der Waals surface area contributed by atoms with Crippen molar-refractivity contribution in [3.8, 4) is 22.0 Å². The van der Waals surface area contributed by atoms with E-state index in [0.717, 1.165) is 21.7 Å². The highest BCUT2D eigenvalue weighted by atomic mass is 32.1. The molecule has 0 fully saturated rings. The van der Waals surface area contributed by atoms with E-state index >= 15 is 0 Å². The number of H-pyrrole nitrogens is 1. The van der Waals surface area contributed by atoms with Crippen molar-refractivity contribution in [2.45, 2.75) is 40.2 Å². The van der Waals surface area contributed by atoms with Crippen molar-refractivity contribution < 1.29 is 14.7 Å². The SMILES string of the molecule is Cc1ncsc1-c1ccc([C@H](C)NC(=O)c2[nH]c(-n3ccnn3)c(O)c2C(=O)CC(C)C)cc1. The van der Waals surface area contributed by atoms with Crippen LogP contribution in [0.15, 0.2) is 42.2 Å². The minimum Gasteiger partial charge on any atom is -0.504 e. The number of carbonyl (C=O) groups is 2. The molecule has 0 aliphatic rings. The van der Waals surface area contributed by atoms with Gasteiger partial charge >= 0.3 is 0 Å². The predicted octanol–water partition coefficient (Wildman–Crippen LogP) is 4.45. The van der Waals surface area contributed by atoms with Crippen LogP contribution in [0.25, 0.3) is 16.3 Å². The van der Waals surface area contributed by atoms with Crippen LogP contribution in [0.5, 0.6) is 5.75 Å². The van der Waals surface area contributed by atoms with Gasteiger partial charge in [0.25, 0.3) is 5.91 Å². The molecule has 34 heavy (non-hydrogen) atoms. The van der Waals surface area contributed by atoms with Crippen molar-refractivity contribution in [3.63, 3.8) is 0 Å². The lowest BCUT2D eigenvalue weighted by Crippen LogP contribution is -2.28. The number of aryl methyl sites for hydroxylation is 1. The highest BCUT2D eigenvalue weighted by Gasteiger charge is 2.29. The van der Waals surface area contributed by atoms with Crippen molar-refractivity contribution in [1.82, 2.24) is 30.3 Å². The summed E-state index contributed by atoms with van der Waals surface area (Å²) in [6.07, 6.45) is 3.14. The number of amides is 1. The van der Waals surface area contributed by atoms with Gasteiger partial charge in [0, 0.05) is 6.42 Å². The molecule has 3 heterocycles. The van der Waals surface area contributed by atoms with Crippen LogP contribution >= 0.6 is 11.3 Å². The zero-order valence-corrected chi connectivity index (χ0v) is 20.2. The van der Waals surface area contributed by atoms with E-state index in [1.807, 2.05) is 57.5 Å². The van der Waals surface area contributed by atoms with Crippen LogP contribution in [0.1, 0.15) is 65.3 Å². The van der Waals surface area contributed by atoms with Gasteiger partial charge in [-0.3, -0.25) is 9.59 Å². The standard InChI is InChI=1S/C24H26N6O3S/c1-13(2)11-18(31)19-20(28-23(21(19)32)30-10-9-26-29-30)24(33)27-14(3)16-5-7-17(8-6-16)22-15(4)25-12-34-22/h5-10,12-14,28,32H,11H2,1-4H3,(H,27,33)/t14-/m0/s1. The monoisotopic (exact) mass is 478 g/mol. The maximum atomic E-state index is 13.2. The number of carbonyl (C=O) groups excluding carboxylic acids is 2. The lowest BCUT2D eigenvalue weighted by atomic mass is 10.00. The molecule has 10 heteroatoms. The molecule has 0 unspecified atom stereocenters. The van der Waals surface area contributed by atoms with E-state index in [-0.39, 0.29) is 47.0 Å². The topological polar surface area (TPSA) is 126 Å². The quantitative estimate of drug-likeness (QED) is 0.321. The Labute approximate surface area is 200 Å². The fourth-order valence-electron chi connectivity index (χ4n) is 3.74. The number of nitrogens with zero attached hydrogens (tertiary/aromatic N) is 4. The zero-order chi connectivity index (χ0) is 24.4. The van der Waals surface area contributed by atoms with E-state index in [1.165, 1.54) is 17.1 Å². The summed E-state index contributed by atoms with van der Waals surface area (Å²) < 4.78 is 1.28. The summed E-state index contributed by atoms with van der Waals surface area (Å²) in [5, 5.41) is 21.3. The van der Waals surface area contributed by atoms with Crippen LogP contribution in [0.2, 0.25) is 0 Å². The summed E-state index contributed by atoms with van der Waals surface area (Å²) in [5.74, 6) is -0.960. The maximum absolute atomic E-state index is 13.2. The molecule has 0 aliphatic heterocycles. The van der Waals surface area contributed by atoms with E-state index in [1.54, 1.807) is 11.3 Å². The van der Waals surface area contributed by atoms with Crippen LogP contribution in [-0.2, 0) is 0 Å². The summed E-state index contributed by atoms with van der Waals surface area (Å²) in [4.78, 5) is 34.4. The van der Waals surface area contributed by atoms with Gasteiger partial charge in [-0.25, -0.2) is 9.67 Å². The minimum atomic E-state index is -0.497. The van der Waals surface area contributed by atoms with Crippen LogP contribution < -0.4 is 5.32 Å². The normalized spacial score (nSPS) is 12.1. The number of aromatic hydroxyl groups is 1. The maximum Gasteiger partial charge on any atom is 0.269 e. The molecular formula is C24H26N6O3S. The molecule has 1 atom stereocenters. The van der Waals surface area contributed by atoms with Crippen LogP contribution in [0.4, 0.5) is 0 Å². The molecule has 0 spiro atoms. The van der Waals surface area contributed by atoms with Gasteiger partial charge in [0.1, 0.15) is 5.69 Å². The van der Waals surface area contributed by atoms with Crippen molar-refractivity contribution in [2.75, 3.05) is 0 Å². The number of hydrogen-bond acceptors (Lipinski definition) is 7. The second-order valence-corrected chi connectivity index (χ2v) is 9.38. The Kier molecular flexibility index (Phi) is 6.60. The molecule has 1 amide bonds. The molecule has 3 N–H and O–H groups in total. The molecule has 0 bridgehead atoms. The van der Waals surface area contributed by atoms with E-state index in [0.29, 0.717) is 0 Å². The second-order valence-electron chi connectivity index (χ2n) is 8.53. The number of benzene rings is 1. The summed E-state index contributed by atoms with van der Waals surface area (Å²) in [6, 6.07) is 7.57. The first-order chi connectivity index (χ1) is 16.3. The molecule has 0 aliphatic carbocycles. The first-order valence-corrected chi connectivity index (χ1v) is 11.8. The molecule has 1 aromatic carbocycles. The Morgan fingerprint density at radius 3 is 2.53 bits per heavy atom. The third-order valence-electron chi connectivity index (χ3n) is 5.47. The molecule has 0 saturated heterocycles. The molecule has 0 saturated carbocycles. The van der Waals surface area contributed by atoms with Crippen LogP contribution in [-0.4, -0.2) is 41.8 Å². The minimum absolute atomic E-state index is 0.00240. The van der Waals surface area contributed by atoms with Crippen molar-refractivity contribution in [1.29, 1.82) is 0 Å². The van der Waals surface area contributed by atoms with Crippen LogP contribution in [0, 0.1) is 12.8 Å². The third-order valence-corrected chi connectivity index (χ3v) is 6.45. The van der Waals surface area contributed by atoms with Gasteiger partial charge in [0.2, 0.25) is 0 Å². The summed E-state index contributed by atoms with van der Waals surface area (Å²) >= 11 is 1.58. The Bertz CT molecular complexity index is 1310. The Morgan fingerprint density at radius 2 is 1.94 bits per heavy atom. The van der Waals surface area contributed by atoms with E-state index in [9.17, 15) is 14.7 Å². The zero-order valence-electron chi connectivity index (χ0n) is 19.4. The summed E-state index contributed by atoms with van der Waals surface area (Å²) in [6.45, 7) is 7.64. The Hall–Kier alpha value is -3.79. The van der Waals surface area contributed by atoms with E-state index in [4.69, 9.17) is 0 Å². The molecular weight excluding hydrogens is 452 g/mol. The first-order valence-electron chi connectivity index (χ1n) is 10.9. The number of aromatic amines is 1. The van der Waals surface area contributed by atoms with Gasteiger partial charge in [0.05, 0.1) is 40.1 Å². The van der Waals surface area contributed by atoms with Gasteiger partial charge in [-0.1, -0.05) is 43.3 Å². The first kappa shape index (κ1) is 23.4. The van der Waals surface area contributed by atoms with Gasteiger partial charge < -0.3 is 15.4 Å². The predicted molar refractivity (Wildman–Crippen MR) is 129 cm³/mol. The average Bonchev–Trinajstić information content (AvgIpc) is 3.53. The van der Waals surface area contributed by atoms with Crippen molar-refractivity contribution in [3.05, 3.63) is 64.7 Å². The number of rotatable bonds is 8. The Morgan fingerprint density at radius 1 is 1.21 bits per heavy atom. The van der Waals surface area contributed by atoms with Crippen molar-refractivity contribution in [2.24, 2.45) is 5.92 Å². The van der Waals surface area contributed by atoms with E-state index < -0.39 is 5.91 Å². The van der Waals surface area contributed by atoms with Crippen LogP contribution in [0.3, 0.4) is 0 Å². The fourth-order valence-corrected chi connectivity index (χ4v) is 4.55. The van der Waals surface area contributed by atoms with E-state index in [2.05, 4.69) is 25.6 Å². The molecule has 4 rings (SSSR count). The third kappa shape index (κ3) is 4.62. The molecule has 176 valence electrons. The largest absolute Gasteiger partial charge is 0.504 e. The van der Waals surface area contributed by atoms with Gasteiger partial charge in [-0.15, -0.1) is 16.4 Å². The lowest BCUT2D eigenvalue weighted by Gasteiger charge is -2.15. The van der Waals surface area contributed by atoms with Crippen molar-refractivity contribution >= 4 is 23.0 Å². The highest BCUT2D eigenvalue weighted by Crippen LogP contribution is 2.32. The van der Waals surface area contributed by atoms with Gasteiger partial charge in [-0.2, -0.15) is 0 Å². The Balaban J connectivity index is 1.60. The molecule has 3 aromatic heterocycles. The second kappa shape index (κ2) is 9.60. The molecule has 9 nitrogen and oxygen atoms in total. The molecule has 4 aromatic rings. The molecule has 0 radical (unpaired) electrons. The number of nitrogens with one attached hydrogen (secondary N) is 2. The lowest BCUT2D eigenvalue weighted by molar-refractivity contribution is 0.0912. The fraction of sp³-hybridized carbons (Fsp3) is 0.292. The van der Waals surface area contributed by atoms with Gasteiger partial charge in [0.15, 0.2) is 17.4 Å². The average molecular weight is 479 g/mol. The van der Waals surface area contributed by atoms with Gasteiger partial charge in [-0.05, 0) is 30.9 Å². The smallest absolute Gasteiger partial charge is 0.269 e. The number of thiazole rings is 1. The highest BCUT2D eigenvalue weighted by molar-refractivity contribution is 7.13. The number of Topliss-reactive ketones (excluding diaryl/α,β-unsaturated/α-hetero) is 1. The number of aromatic nitrogens is 5. The number of hydrogen-bond donors (Lipinski definition) is 3. The summed E-state index contributed by atoms with van der Waals surface area (Å²) in [7, 11) is 0.